The molecule has 0 aromatic heterocycles. The van der Waals surface area contributed by atoms with Crippen molar-refractivity contribution in [1.82, 2.24) is 0 Å². The zero-order valence-electron chi connectivity index (χ0n) is 17.9. The minimum atomic E-state index is -0.440. The molecular formula is C24H40O3. The van der Waals surface area contributed by atoms with Crippen LogP contribution in [-0.2, 0) is 14.3 Å². The van der Waals surface area contributed by atoms with Gasteiger partial charge in [-0.3, -0.25) is 0 Å². The summed E-state index contributed by atoms with van der Waals surface area (Å²) >= 11 is 0. The van der Waals surface area contributed by atoms with Crippen molar-refractivity contribution in [3.05, 3.63) is 48.6 Å². The minimum Gasteiger partial charge on any atom is -0.458 e. The molecule has 0 saturated heterocycles. The number of hydrogen-bond acceptors (Lipinski definition) is 3. The van der Waals surface area contributed by atoms with Crippen LogP contribution in [0.3, 0.4) is 0 Å². The Kier molecular flexibility index (Phi) is 16.7. The molecule has 0 aliphatic rings. The van der Waals surface area contributed by atoms with Crippen molar-refractivity contribution < 1.29 is 14.3 Å². The highest BCUT2D eigenvalue weighted by Crippen LogP contribution is 2.07. The first kappa shape index (κ1) is 25.4. The van der Waals surface area contributed by atoms with Gasteiger partial charge < -0.3 is 9.47 Å². The zero-order chi connectivity index (χ0) is 20.2. The Morgan fingerprint density at radius 1 is 0.778 bits per heavy atom. The second-order valence-electron chi connectivity index (χ2n) is 7.49. The molecule has 0 aliphatic carbocycles. The Morgan fingerprint density at radius 2 is 1.33 bits per heavy atom. The summed E-state index contributed by atoms with van der Waals surface area (Å²) in [6, 6.07) is 0. The molecule has 0 bridgehead atoms. The maximum atomic E-state index is 11.5. The van der Waals surface area contributed by atoms with E-state index in [1.165, 1.54) is 0 Å². The predicted molar refractivity (Wildman–Crippen MR) is 116 cm³/mol. The lowest BCUT2D eigenvalue weighted by molar-refractivity contribution is -0.160. The largest absolute Gasteiger partial charge is 0.458 e. The van der Waals surface area contributed by atoms with Gasteiger partial charge in [0.15, 0.2) is 0 Å². The molecular weight excluding hydrogens is 336 g/mol. The summed E-state index contributed by atoms with van der Waals surface area (Å²) < 4.78 is 10.5. The highest BCUT2D eigenvalue weighted by atomic mass is 16.6. The fourth-order valence-electron chi connectivity index (χ4n) is 2.27. The number of rotatable bonds is 15. The molecule has 0 aromatic carbocycles. The summed E-state index contributed by atoms with van der Waals surface area (Å²) in [5.41, 5.74) is -0.440. The Labute approximate surface area is 167 Å². The van der Waals surface area contributed by atoms with Crippen molar-refractivity contribution in [2.75, 3.05) is 13.2 Å². The van der Waals surface area contributed by atoms with Crippen LogP contribution < -0.4 is 0 Å². The van der Waals surface area contributed by atoms with Crippen molar-refractivity contribution >= 4 is 5.97 Å². The maximum absolute atomic E-state index is 11.5. The van der Waals surface area contributed by atoms with E-state index in [-0.39, 0.29) is 12.6 Å². The van der Waals surface area contributed by atoms with E-state index in [0.29, 0.717) is 6.61 Å². The van der Waals surface area contributed by atoms with Crippen LogP contribution in [-0.4, -0.2) is 24.8 Å². The summed E-state index contributed by atoms with van der Waals surface area (Å²) in [5, 5.41) is 0. The topological polar surface area (TPSA) is 35.5 Å². The molecule has 0 fully saturated rings. The lowest BCUT2D eigenvalue weighted by atomic mass is 10.2. The minimum absolute atomic E-state index is 0.0497. The Bertz CT molecular complexity index is 465. The van der Waals surface area contributed by atoms with Crippen molar-refractivity contribution in [3.63, 3.8) is 0 Å². The Balaban J connectivity index is 3.42. The normalized spacial score (nSPS) is 12.9. The van der Waals surface area contributed by atoms with Gasteiger partial charge in [-0.25, -0.2) is 4.79 Å². The van der Waals surface area contributed by atoms with Gasteiger partial charge in [-0.1, -0.05) is 62.0 Å². The molecule has 0 radical (unpaired) electrons. The number of allylic oxidation sites excluding steroid dienone is 8. The van der Waals surface area contributed by atoms with Crippen molar-refractivity contribution in [1.29, 1.82) is 0 Å². The van der Waals surface area contributed by atoms with E-state index in [0.717, 1.165) is 51.4 Å². The molecule has 0 atom stereocenters. The molecule has 0 spiro atoms. The smallest absolute Gasteiger partial charge is 0.332 e. The standard InChI is InChI=1S/C24H40O3/c1-5-6-7-8-9-10-11-12-13-14-15-16-17-18-19-20-21-26-22-23(25)27-24(2,3)4/h6-7,9-10,12-13,15-16H,5,8,11,14,17-22H2,1-4H3/b7-6-,10-9-,13-12-,16-15-. The van der Waals surface area contributed by atoms with Crippen molar-refractivity contribution in [2.24, 2.45) is 0 Å². The number of carbonyl (C=O) groups is 1. The summed E-state index contributed by atoms with van der Waals surface area (Å²) in [5.74, 6) is -0.290. The lowest BCUT2D eigenvalue weighted by Crippen LogP contribution is -2.26. The number of esters is 1. The van der Waals surface area contributed by atoms with Gasteiger partial charge in [0.05, 0.1) is 0 Å². The first-order chi connectivity index (χ1) is 13.0. The summed E-state index contributed by atoms with van der Waals surface area (Å²) in [4.78, 5) is 11.5. The van der Waals surface area contributed by atoms with Gasteiger partial charge in [0.1, 0.15) is 12.2 Å². The third-order valence-corrected chi connectivity index (χ3v) is 3.52. The molecule has 0 N–H and O–H groups in total. The molecule has 154 valence electrons. The SMILES string of the molecule is CC/C=C\C/C=C\C/C=C\C/C=C\CCCCCOCC(=O)OC(C)(C)C. The van der Waals surface area contributed by atoms with E-state index in [9.17, 15) is 4.79 Å². The maximum Gasteiger partial charge on any atom is 0.332 e. The Hall–Kier alpha value is -1.61. The number of unbranched alkanes of at least 4 members (excludes halogenated alkanes) is 3. The van der Waals surface area contributed by atoms with Crippen molar-refractivity contribution in [2.45, 2.75) is 84.7 Å². The van der Waals surface area contributed by atoms with Gasteiger partial charge in [-0.05, 0) is 65.7 Å². The average molecular weight is 377 g/mol. The van der Waals surface area contributed by atoms with E-state index in [1.807, 2.05) is 20.8 Å². The van der Waals surface area contributed by atoms with Gasteiger partial charge in [0, 0.05) is 6.61 Å². The first-order valence-corrected chi connectivity index (χ1v) is 10.3. The van der Waals surface area contributed by atoms with E-state index >= 15 is 0 Å². The molecule has 0 rings (SSSR count). The van der Waals surface area contributed by atoms with Crippen LogP contribution in [0.2, 0.25) is 0 Å². The fraction of sp³-hybridized carbons (Fsp3) is 0.625. The molecule has 0 saturated carbocycles. The second-order valence-corrected chi connectivity index (χ2v) is 7.49. The number of ether oxygens (including phenoxy) is 2. The summed E-state index contributed by atoms with van der Waals surface area (Å²) in [7, 11) is 0. The number of hydrogen-bond donors (Lipinski definition) is 0. The van der Waals surface area contributed by atoms with Gasteiger partial charge >= 0.3 is 5.97 Å². The van der Waals surface area contributed by atoms with Crippen LogP contribution in [0.15, 0.2) is 48.6 Å². The van der Waals surface area contributed by atoms with Crippen LogP contribution in [0.4, 0.5) is 0 Å². The fourth-order valence-corrected chi connectivity index (χ4v) is 2.27. The van der Waals surface area contributed by atoms with Crippen LogP contribution in [0.25, 0.3) is 0 Å². The molecule has 0 unspecified atom stereocenters. The van der Waals surface area contributed by atoms with Crippen LogP contribution >= 0.6 is 0 Å². The Morgan fingerprint density at radius 3 is 1.89 bits per heavy atom. The molecule has 0 amide bonds. The van der Waals surface area contributed by atoms with E-state index in [4.69, 9.17) is 9.47 Å². The van der Waals surface area contributed by atoms with E-state index in [1.54, 1.807) is 0 Å². The van der Waals surface area contributed by atoms with Gasteiger partial charge in [-0.15, -0.1) is 0 Å². The van der Waals surface area contributed by atoms with E-state index < -0.39 is 5.60 Å². The highest BCUT2D eigenvalue weighted by Gasteiger charge is 2.15. The number of carbonyl (C=O) groups excluding carboxylic acids is 1. The van der Waals surface area contributed by atoms with E-state index in [2.05, 4.69) is 55.5 Å². The van der Waals surface area contributed by atoms with Gasteiger partial charge in [0.25, 0.3) is 0 Å². The van der Waals surface area contributed by atoms with Gasteiger partial charge in [0.2, 0.25) is 0 Å². The molecule has 3 nitrogen and oxygen atoms in total. The van der Waals surface area contributed by atoms with Crippen LogP contribution in [0.5, 0.6) is 0 Å². The third-order valence-electron chi connectivity index (χ3n) is 3.52. The zero-order valence-corrected chi connectivity index (χ0v) is 17.9. The molecule has 0 aliphatic heterocycles. The first-order valence-electron chi connectivity index (χ1n) is 10.3. The molecule has 0 heterocycles. The molecule has 0 aromatic rings. The average Bonchev–Trinajstić information content (AvgIpc) is 2.59. The lowest BCUT2D eigenvalue weighted by Gasteiger charge is -2.19. The third kappa shape index (κ3) is 22.3. The quantitative estimate of drug-likeness (QED) is 0.181. The van der Waals surface area contributed by atoms with Crippen molar-refractivity contribution in [3.8, 4) is 0 Å². The predicted octanol–water partition coefficient (Wildman–Crippen LogP) is 6.71. The highest BCUT2D eigenvalue weighted by molar-refractivity contribution is 5.71. The second kappa shape index (κ2) is 17.8. The monoisotopic (exact) mass is 376 g/mol. The van der Waals surface area contributed by atoms with Crippen LogP contribution in [0.1, 0.15) is 79.1 Å². The summed E-state index contributed by atoms with van der Waals surface area (Å²) in [6.45, 7) is 8.40. The van der Waals surface area contributed by atoms with Crippen LogP contribution in [0, 0.1) is 0 Å². The molecule has 3 heteroatoms. The molecule has 27 heavy (non-hydrogen) atoms. The van der Waals surface area contributed by atoms with Gasteiger partial charge in [-0.2, -0.15) is 0 Å². The summed E-state index contributed by atoms with van der Waals surface area (Å²) in [6.07, 6.45) is 26.2.